The van der Waals surface area contributed by atoms with Crippen LogP contribution in [0.1, 0.15) is 16.7 Å². The van der Waals surface area contributed by atoms with Gasteiger partial charge < -0.3 is 0 Å². The van der Waals surface area contributed by atoms with Gasteiger partial charge in [-0.15, -0.1) is 10.2 Å². The number of thioether (sulfide) groups is 2. The standard InChI is InChI=1S/C15H9F3N8S2/c1-26-11-5-12(22-25-20)21-23-13(11)28-14(24-26)27-7-8-2-3-10(15(16,17)18)4-9(8)6-19/h2-5H,7H2,1H3. The fourth-order valence-corrected chi connectivity index (χ4v) is 4.29. The van der Waals surface area contributed by atoms with Crippen molar-refractivity contribution in [3.05, 3.63) is 51.4 Å². The van der Waals surface area contributed by atoms with Crippen LogP contribution in [0.4, 0.5) is 24.7 Å². The molecule has 0 atom stereocenters. The molecule has 142 valence electrons. The van der Waals surface area contributed by atoms with Crippen molar-refractivity contribution in [1.82, 2.24) is 10.2 Å². The number of hydrazone groups is 1. The molecule has 2 heterocycles. The van der Waals surface area contributed by atoms with Gasteiger partial charge in [-0.25, -0.2) is 0 Å². The van der Waals surface area contributed by atoms with Gasteiger partial charge in [0.15, 0.2) is 15.2 Å². The molecule has 0 fully saturated rings. The number of azide groups is 1. The van der Waals surface area contributed by atoms with Crippen LogP contribution >= 0.6 is 23.5 Å². The average molecular weight is 422 g/mol. The van der Waals surface area contributed by atoms with Gasteiger partial charge in [0, 0.05) is 17.7 Å². The van der Waals surface area contributed by atoms with Crippen LogP contribution in [0.2, 0.25) is 0 Å². The van der Waals surface area contributed by atoms with E-state index in [1.807, 2.05) is 0 Å². The molecule has 0 radical (unpaired) electrons. The van der Waals surface area contributed by atoms with E-state index in [0.717, 1.165) is 12.1 Å². The smallest absolute Gasteiger partial charge is 0.264 e. The third-order valence-corrected chi connectivity index (χ3v) is 5.68. The Hall–Kier alpha value is -2.94. The SMILES string of the molecule is CN1N=C(SCc2ccc(C(F)(F)F)cc2C#N)Sc2nnc(N=[N+]=[N-])cc21. The fraction of sp³-hybridized carbons (Fsp3) is 0.200. The number of nitrogens with zero attached hydrogens (tertiary/aromatic N) is 8. The number of alkyl halides is 3. The van der Waals surface area contributed by atoms with Crippen LogP contribution in [0, 0.1) is 11.3 Å². The molecule has 1 aliphatic heterocycles. The largest absolute Gasteiger partial charge is 0.416 e. The summed E-state index contributed by atoms with van der Waals surface area (Å²) in [5.41, 5.74) is 8.66. The van der Waals surface area contributed by atoms with E-state index < -0.39 is 11.7 Å². The summed E-state index contributed by atoms with van der Waals surface area (Å²) in [5.74, 6) is 0.378. The van der Waals surface area contributed by atoms with Crippen LogP contribution in [0.25, 0.3) is 10.4 Å². The predicted molar refractivity (Wildman–Crippen MR) is 100.0 cm³/mol. The Morgan fingerprint density at radius 2 is 2.14 bits per heavy atom. The molecule has 1 aromatic carbocycles. The van der Waals surface area contributed by atoms with E-state index in [1.54, 1.807) is 19.2 Å². The number of rotatable bonds is 3. The van der Waals surface area contributed by atoms with E-state index in [-0.39, 0.29) is 17.1 Å². The lowest BCUT2D eigenvalue weighted by atomic mass is 10.1. The lowest BCUT2D eigenvalue weighted by Crippen LogP contribution is -2.16. The lowest BCUT2D eigenvalue weighted by molar-refractivity contribution is -0.137. The van der Waals surface area contributed by atoms with Gasteiger partial charge in [-0.2, -0.15) is 23.5 Å². The maximum atomic E-state index is 12.8. The summed E-state index contributed by atoms with van der Waals surface area (Å²) in [6.45, 7) is 0. The number of benzene rings is 1. The Kier molecular flexibility index (Phi) is 5.64. The maximum Gasteiger partial charge on any atom is 0.416 e. The molecule has 0 spiro atoms. The molecule has 0 bridgehead atoms. The van der Waals surface area contributed by atoms with Crippen molar-refractivity contribution >= 4 is 39.4 Å². The summed E-state index contributed by atoms with van der Waals surface area (Å²) >= 11 is 2.49. The highest BCUT2D eigenvalue weighted by Crippen LogP contribution is 2.39. The molecule has 2 aromatic rings. The third kappa shape index (κ3) is 4.30. The summed E-state index contributed by atoms with van der Waals surface area (Å²) in [6, 6.07) is 6.45. The highest BCUT2D eigenvalue weighted by Gasteiger charge is 2.31. The van der Waals surface area contributed by atoms with Gasteiger partial charge in [-0.05, 0) is 46.2 Å². The number of fused-ring (bicyclic) bond motifs is 1. The van der Waals surface area contributed by atoms with Crippen LogP contribution in [-0.2, 0) is 11.9 Å². The molecule has 0 N–H and O–H groups in total. The van der Waals surface area contributed by atoms with Gasteiger partial charge in [0.25, 0.3) is 0 Å². The second kappa shape index (κ2) is 7.97. The molecular weight excluding hydrogens is 413 g/mol. The van der Waals surface area contributed by atoms with Crippen molar-refractivity contribution in [1.29, 1.82) is 5.26 Å². The van der Waals surface area contributed by atoms with Crippen molar-refractivity contribution in [2.24, 2.45) is 10.2 Å². The first kappa shape index (κ1) is 19.8. The Morgan fingerprint density at radius 1 is 1.36 bits per heavy atom. The van der Waals surface area contributed by atoms with Crippen molar-refractivity contribution in [3.63, 3.8) is 0 Å². The summed E-state index contributed by atoms with van der Waals surface area (Å²) in [5, 5.41) is 26.8. The van der Waals surface area contributed by atoms with E-state index in [0.29, 0.717) is 20.7 Å². The molecule has 28 heavy (non-hydrogen) atoms. The zero-order valence-electron chi connectivity index (χ0n) is 14.0. The first-order valence-corrected chi connectivity index (χ1v) is 9.28. The van der Waals surface area contributed by atoms with Crippen molar-refractivity contribution in [2.45, 2.75) is 17.0 Å². The first-order chi connectivity index (χ1) is 13.3. The van der Waals surface area contributed by atoms with E-state index in [4.69, 9.17) is 10.8 Å². The molecule has 3 rings (SSSR count). The van der Waals surface area contributed by atoms with Gasteiger partial charge in [0.05, 0.1) is 22.9 Å². The van der Waals surface area contributed by atoms with Crippen LogP contribution in [0.5, 0.6) is 0 Å². The summed E-state index contributed by atoms with van der Waals surface area (Å²) in [7, 11) is 1.68. The Balaban J connectivity index is 1.76. The second-order valence-corrected chi connectivity index (χ2v) is 7.54. The Morgan fingerprint density at radius 3 is 2.82 bits per heavy atom. The summed E-state index contributed by atoms with van der Waals surface area (Å²) in [4.78, 5) is 2.66. The molecule has 1 aromatic heterocycles. The van der Waals surface area contributed by atoms with E-state index in [2.05, 4.69) is 25.3 Å². The molecule has 8 nitrogen and oxygen atoms in total. The summed E-state index contributed by atoms with van der Waals surface area (Å²) in [6.07, 6.45) is -4.50. The normalized spacial score (nSPS) is 13.2. The molecule has 0 amide bonds. The second-order valence-electron chi connectivity index (χ2n) is 5.34. The van der Waals surface area contributed by atoms with Gasteiger partial charge in [0.1, 0.15) is 0 Å². The fourth-order valence-electron chi connectivity index (χ4n) is 2.22. The Bertz CT molecular complexity index is 1040. The monoisotopic (exact) mass is 422 g/mol. The topological polar surface area (TPSA) is 114 Å². The molecule has 0 saturated heterocycles. The van der Waals surface area contributed by atoms with Crippen molar-refractivity contribution in [2.75, 3.05) is 12.1 Å². The van der Waals surface area contributed by atoms with E-state index in [1.165, 1.54) is 34.6 Å². The molecular formula is C15H9F3N8S2. The maximum absolute atomic E-state index is 12.8. The molecule has 0 unspecified atom stereocenters. The van der Waals surface area contributed by atoms with Crippen molar-refractivity contribution < 1.29 is 13.2 Å². The zero-order chi connectivity index (χ0) is 20.3. The number of hydrogen-bond donors (Lipinski definition) is 0. The molecule has 13 heteroatoms. The highest BCUT2D eigenvalue weighted by molar-refractivity contribution is 8.38. The first-order valence-electron chi connectivity index (χ1n) is 7.48. The van der Waals surface area contributed by atoms with Crippen molar-refractivity contribution in [3.8, 4) is 6.07 Å². The van der Waals surface area contributed by atoms with Crippen LogP contribution in [0.15, 0.2) is 39.5 Å². The Labute approximate surface area is 165 Å². The predicted octanol–water partition coefficient (Wildman–Crippen LogP) is 5.06. The summed E-state index contributed by atoms with van der Waals surface area (Å²) < 4.78 is 39.0. The number of hydrogen-bond acceptors (Lipinski definition) is 8. The third-order valence-electron chi connectivity index (χ3n) is 3.55. The number of anilines is 1. The highest BCUT2D eigenvalue weighted by atomic mass is 32.2. The number of nitriles is 1. The molecule has 1 aliphatic rings. The number of halogens is 3. The van der Waals surface area contributed by atoms with Gasteiger partial charge in [-0.3, -0.25) is 5.01 Å². The van der Waals surface area contributed by atoms with Crippen LogP contribution < -0.4 is 5.01 Å². The van der Waals surface area contributed by atoms with E-state index >= 15 is 0 Å². The van der Waals surface area contributed by atoms with Crippen LogP contribution in [-0.4, -0.2) is 21.6 Å². The van der Waals surface area contributed by atoms with Gasteiger partial charge >= 0.3 is 6.18 Å². The minimum atomic E-state index is -4.50. The zero-order valence-corrected chi connectivity index (χ0v) is 15.7. The molecule has 0 saturated carbocycles. The molecule has 0 aliphatic carbocycles. The minimum absolute atomic E-state index is 0.0312. The van der Waals surface area contributed by atoms with Crippen LogP contribution in [0.3, 0.4) is 0 Å². The van der Waals surface area contributed by atoms with E-state index in [9.17, 15) is 13.2 Å². The number of aromatic nitrogens is 2. The van der Waals surface area contributed by atoms with Gasteiger partial charge in [-0.1, -0.05) is 17.8 Å². The quantitative estimate of drug-likeness (QED) is 0.388. The average Bonchev–Trinajstić information content (AvgIpc) is 2.66. The van der Waals surface area contributed by atoms with Gasteiger partial charge in [0.2, 0.25) is 0 Å². The lowest BCUT2D eigenvalue weighted by Gasteiger charge is -2.22. The minimum Gasteiger partial charge on any atom is -0.264 e.